The number of aromatic amines is 1. The summed E-state index contributed by atoms with van der Waals surface area (Å²) in [7, 11) is 0. The first-order valence-corrected chi connectivity index (χ1v) is 10.8. The quantitative estimate of drug-likeness (QED) is 0.320. The number of benzene rings is 3. The van der Waals surface area contributed by atoms with Crippen LogP contribution in [-0.4, -0.2) is 26.1 Å². The Morgan fingerprint density at radius 3 is 2.60 bits per heavy atom. The number of hydrogen-bond donors (Lipinski definition) is 2. The van der Waals surface area contributed by atoms with Crippen molar-refractivity contribution in [3.05, 3.63) is 96.5 Å². The topological polar surface area (TPSA) is 96.7 Å². The number of nitrogens with zero attached hydrogens (tertiary/aromatic N) is 3. The van der Waals surface area contributed by atoms with E-state index in [-0.39, 0.29) is 36.0 Å². The lowest BCUT2D eigenvalue weighted by atomic mass is 10.1. The molecule has 2 aromatic heterocycles. The molecule has 0 saturated carbocycles. The Labute approximate surface area is 198 Å². The van der Waals surface area contributed by atoms with Gasteiger partial charge in [0, 0.05) is 30.0 Å². The fourth-order valence-corrected chi connectivity index (χ4v) is 3.57. The van der Waals surface area contributed by atoms with E-state index in [0.29, 0.717) is 22.9 Å². The highest BCUT2D eigenvalue weighted by molar-refractivity contribution is 5.94. The van der Waals surface area contributed by atoms with Crippen molar-refractivity contribution >= 4 is 11.6 Å². The van der Waals surface area contributed by atoms with Gasteiger partial charge >= 0.3 is 0 Å². The lowest BCUT2D eigenvalue weighted by molar-refractivity contribution is -0.116. The maximum Gasteiger partial charge on any atom is 0.224 e. The largest absolute Gasteiger partial charge is 0.441 e. The van der Waals surface area contributed by atoms with Gasteiger partial charge in [0.05, 0.1) is 17.4 Å². The fourth-order valence-electron chi connectivity index (χ4n) is 3.57. The van der Waals surface area contributed by atoms with E-state index in [9.17, 15) is 13.6 Å². The van der Waals surface area contributed by atoms with Crippen LogP contribution in [0.4, 0.5) is 14.5 Å². The first-order valence-electron chi connectivity index (χ1n) is 10.8. The highest BCUT2D eigenvalue weighted by atomic mass is 19.1. The summed E-state index contributed by atoms with van der Waals surface area (Å²) in [5.41, 5.74) is 2.25. The Hall–Kier alpha value is -4.66. The molecule has 7 nitrogen and oxygen atoms in total. The highest BCUT2D eigenvalue weighted by Crippen LogP contribution is 2.27. The summed E-state index contributed by atoms with van der Waals surface area (Å²) < 4.78 is 32.7. The summed E-state index contributed by atoms with van der Waals surface area (Å²) in [6, 6.07) is 20.0. The number of anilines is 1. The standard InChI is InChI=1S/C26H19F2N5O2/c27-17-10-11-18(20(28)14-17)22-15-29-24(35-22)13-12-23(34)30-21-9-5-4-8-19(21)26-31-25(32-33-26)16-6-2-1-3-7-16/h1-11,14-15H,12-13H2,(H,30,34)(H,31,32,33). The molecular weight excluding hydrogens is 452 g/mol. The number of nitrogens with one attached hydrogen (secondary N) is 2. The van der Waals surface area contributed by atoms with E-state index in [0.717, 1.165) is 17.7 Å². The molecule has 0 aliphatic rings. The number of carbonyl (C=O) groups is 1. The molecule has 0 spiro atoms. The van der Waals surface area contributed by atoms with E-state index in [1.165, 1.54) is 12.3 Å². The van der Waals surface area contributed by atoms with Crippen molar-refractivity contribution in [2.75, 3.05) is 5.32 Å². The summed E-state index contributed by atoms with van der Waals surface area (Å²) in [5, 5.41) is 10.1. The van der Waals surface area contributed by atoms with Crippen LogP contribution in [0.25, 0.3) is 34.1 Å². The third kappa shape index (κ3) is 4.98. The molecule has 0 radical (unpaired) electrons. The number of halogens is 2. The number of hydrogen-bond acceptors (Lipinski definition) is 5. The van der Waals surface area contributed by atoms with Crippen molar-refractivity contribution in [3.63, 3.8) is 0 Å². The Kier molecular flexibility index (Phi) is 6.13. The first-order chi connectivity index (χ1) is 17.1. The van der Waals surface area contributed by atoms with Gasteiger partial charge in [0.2, 0.25) is 5.91 Å². The molecule has 0 atom stereocenters. The number of rotatable bonds is 7. The van der Waals surface area contributed by atoms with Crippen LogP contribution in [-0.2, 0) is 11.2 Å². The van der Waals surface area contributed by atoms with Crippen molar-refractivity contribution in [3.8, 4) is 34.1 Å². The van der Waals surface area contributed by atoms with Crippen LogP contribution in [0.3, 0.4) is 0 Å². The minimum Gasteiger partial charge on any atom is -0.441 e. The van der Waals surface area contributed by atoms with Gasteiger partial charge in [-0.3, -0.25) is 9.89 Å². The number of amides is 1. The molecule has 0 fully saturated rings. The van der Waals surface area contributed by atoms with E-state index in [1.54, 1.807) is 6.07 Å². The number of oxazole rings is 1. The van der Waals surface area contributed by atoms with E-state index in [2.05, 4.69) is 25.5 Å². The Balaban J connectivity index is 1.26. The van der Waals surface area contributed by atoms with E-state index in [1.807, 2.05) is 48.5 Å². The molecule has 0 saturated heterocycles. The molecule has 35 heavy (non-hydrogen) atoms. The number of para-hydroxylation sites is 1. The lowest BCUT2D eigenvalue weighted by Crippen LogP contribution is -2.13. The zero-order chi connectivity index (χ0) is 24.2. The predicted octanol–water partition coefficient (Wildman–Crippen LogP) is 5.64. The second kappa shape index (κ2) is 9.68. The third-order valence-corrected chi connectivity index (χ3v) is 5.29. The van der Waals surface area contributed by atoms with E-state index in [4.69, 9.17) is 4.42 Å². The zero-order valence-electron chi connectivity index (χ0n) is 18.3. The maximum absolute atomic E-state index is 14.0. The molecule has 0 bridgehead atoms. The minimum atomic E-state index is -0.745. The lowest BCUT2D eigenvalue weighted by Gasteiger charge is -2.08. The fraction of sp³-hybridized carbons (Fsp3) is 0.0769. The number of H-pyrrole nitrogens is 1. The zero-order valence-corrected chi connectivity index (χ0v) is 18.3. The van der Waals surface area contributed by atoms with Crippen LogP contribution in [0.2, 0.25) is 0 Å². The molecule has 1 amide bonds. The molecule has 5 aromatic rings. The summed E-state index contributed by atoms with van der Waals surface area (Å²) >= 11 is 0. The summed E-state index contributed by atoms with van der Waals surface area (Å²) in [4.78, 5) is 21.3. The second-order valence-electron chi connectivity index (χ2n) is 7.71. The SMILES string of the molecule is O=C(CCc1ncc(-c2ccc(F)cc2F)o1)Nc1ccccc1-c1nc(-c2ccccc2)n[nH]1. The van der Waals surface area contributed by atoms with Crippen LogP contribution in [0, 0.1) is 11.6 Å². The molecule has 174 valence electrons. The van der Waals surface area contributed by atoms with Crippen molar-refractivity contribution in [1.29, 1.82) is 0 Å². The molecule has 2 N–H and O–H groups in total. The van der Waals surface area contributed by atoms with Gasteiger partial charge in [0.15, 0.2) is 23.3 Å². The smallest absolute Gasteiger partial charge is 0.224 e. The van der Waals surface area contributed by atoms with Crippen LogP contribution in [0.5, 0.6) is 0 Å². The van der Waals surface area contributed by atoms with Gasteiger partial charge in [-0.15, -0.1) is 0 Å². The third-order valence-electron chi connectivity index (χ3n) is 5.29. The summed E-state index contributed by atoms with van der Waals surface area (Å²) in [6.07, 6.45) is 1.65. The monoisotopic (exact) mass is 471 g/mol. The molecule has 5 rings (SSSR count). The van der Waals surface area contributed by atoms with Gasteiger partial charge < -0.3 is 9.73 Å². The first kappa shape index (κ1) is 22.1. The van der Waals surface area contributed by atoms with Crippen molar-refractivity contribution < 1.29 is 18.0 Å². The average Bonchev–Trinajstić information content (AvgIpc) is 3.54. The highest BCUT2D eigenvalue weighted by Gasteiger charge is 2.15. The van der Waals surface area contributed by atoms with Gasteiger partial charge in [-0.2, -0.15) is 5.10 Å². The van der Waals surface area contributed by atoms with Crippen LogP contribution in [0.15, 0.2) is 83.4 Å². The molecule has 2 heterocycles. The summed E-state index contributed by atoms with van der Waals surface area (Å²) in [5.74, 6) is -0.155. The van der Waals surface area contributed by atoms with E-state index < -0.39 is 11.6 Å². The molecule has 9 heteroatoms. The Morgan fingerprint density at radius 2 is 1.77 bits per heavy atom. The minimum absolute atomic E-state index is 0.0891. The maximum atomic E-state index is 14.0. The molecule has 0 aliphatic heterocycles. The van der Waals surface area contributed by atoms with Crippen molar-refractivity contribution in [2.24, 2.45) is 0 Å². The normalized spacial score (nSPS) is 10.9. The van der Waals surface area contributed by atoms with E-state index >= 15 is 0 Å². The van der Waals surface area contributed by atoms with Crippen molar-refractivity contribution in [2.45, 2.75) is 12.8 Å². The van der Waals surface area contributed by atoms with Crippen LogP contribution >= 0.6 is 0 Å². The van der Waals surface area contributed by atoms with Crippen LogP contribution in [0.1, 0.15) is 12.3 Å². The summed E-state index contributed by atoms with van der Waals surface area (Å²) in [6.45, 7) is 0. The van der Waals surface area contributed by atoms with Crippen molar-refractivity contribution in [1.82, 2.24) is 20.2 Å². The Morgan fingerprint density at radius 1 is 0.971 bits per heavy atom. The average molecular weight is 471 g/mol. The molecule has 0 unspecified atom stereocenters. The predicted molar refractivity (Wildman–Crippen MR) is 126 cm³/mol. The number of carbonyl (C=O) groups excluding carboxylic acids is 1. The molecular formula is C26H19F2N5O2. The second-order valence-corrected chi connectivity index (χ2v) is 7.71. The molecule has 0 aliphatic carbocycles. The van der Waals surface area contributed by atoms with Crippen LogP contribution < -0.4 is 5.32 Å². The Bertz CT molecular complexity index is 1480. The van der Waals surface area contributed by atoms with Gasteiger partial charge in [-0.05, 0) is 24.3 Å². The molecule has 3 aromatic carbocycles. The van der Waals surface area contributed by atoms with Gasteiger partial charge in [0.25, 0.3) is 0 Å². The number of aryl methyl sites for hydroxylation is 1. The van der Waals surface area contributed by atoms with Gasteiger partial charge in [0.1, 0.15) is 11.6 Å². The number of aromatic nitrogens is 4. The van der Waals surface area contributed by atoms with Gasteiger partial charge in [-0.1, -0.05) is 42.5 Å². The van der Waals surface area contributed by atoms with Gasteiger partial charge in [-0.25, -0.2) is 18.7 Å².